The Labute approximate surface area is 94.3 Å². The molecule has 1 unspecified atom stereocenters. The number of likely N-dealkylation sites (N-methyl/N-ethyl adjacent to an activating group) is 1. The molecule has 1 atom stereocenters. The SMILES string of the molecule is CN(C)C1CCN(c2csc(C=O)c2)C1. The minimum atomic E-state index is 0.643. The molecule has 1 aromatic heterocycles. The summed E-state index contributed by atoms with van der Waals surface area (Å²) in [6, 6.07) is 2.62. The Morgan fingerprint density at radius 2 is 2.40 bits per heavy atom. The summed E-state index contributed by atoms with van der Waals surface area (Å²) in [5.41, 5.74) is 1.20. The molecule has 1 saturated heterocycles. The molecule has 0 amide bonds. The van der Waals surface area contributed by atoms with Crippen LogP contribution in [-0.2, 0) is 0 Å². The molecule has 0 radical (unpaired) electrons. The second-order valence-corrected chi connectivity index (χ2v) is 5.12. The third-order valence-electron chi connectivity index (χ3n) is 2.98. The molecule has 1 aliphatic heterocycles. The number of aldehydes is 1. The van der Waals surface area contributed by atoms with Gasteiger partial charge in [0.1, 0.15) is 0 Å². The van der Waals surface area contributed by atoms with Crippen LogP contribution in [0.5, 0.6) is 0 Å². The summed E-state index contributed by atoms with van der Waals surface area (Å²) in [6.45, 7) is 2.17. The van der Waals surface area contributed by atoms with Gasteiger partial charge in [-0.25, -0.2) is 0 Å². The Balaban J connectivity index is 2.04. The first-order valence-electron chi connectivity index (χ1n) is 5.16. The van der Waals surface area contributed by atoms with E-state index in [9.17, 15) is 4.79 Å². The maximum atomic E-state index is 10.6. The van der Waals surface area contributed by atoms with Crippen molar-refractivity contribution in [3.63, 3.8) is 0 Å². The fraction of sp³-hybridized carbons (Fsp3) is 0.545. The Bertz CT molecular complexity index is 348. The lowest BCUT2D eigenvalue weighted by molar-refractivity contribution is 0.112. The smallest absolute Gasteiger partial charge is 0.160 e. The largest absolute Gasteiger partial charge is 0.369 e. The van der Waals surface area contributed by atoms with E-state index in [0.717, 1.165) is 24.3 Å². The van der Waals surface area contributed by atoms with E-state index >= 15 is 0 Å². The standard InChI is InChI=1S/C11H16N2OS/c1-12(2)9-3-4-13(6-9)10-5-11(7-14)15-8-10/h5,7-9H,3-4,6H2,1-2H3. The molecule has 82 valence electrons. The second kappa shape index (κ2) is 4.33. The van der Waals surface area contributed by atoms with E-state index in [1.165, 1.54) is 23.4 Å². The van der Waals surface area contributed by atoms with Crippen molar-refractivity contribution in [1.82, 2.24) is 4.90 Å². The molecule has 3 nitrogen and oxygen atoms in total. The fourth-order valence-corrected chi connectivity index (χ4v) is 2.69. The van der Waals surface area contributed by atoms with Gasteiger partial charge in [-0.15, -0.1) is 11.3 Å². The fourth-order valence-electron chi connectivity index (χ4n) is 1.97. The van der Waals surface area contributed by atoms with Crippen LogP contribution in [0.4, 0.5) is 5.69 Å². The molecule has 0 aliphatic carbocycles. The minimum Gasteiger partial charge on any atom is -0.369 e. The molecule has 1 aliphatic rings. The van der Waals surface area contributed by atoms with Crippen molar-refractivity contribution in [3.8, 4) is 0 Å². The topological polar surface area (TPSA) is 23.6 Å². The minimum absolute atomic E-state index is 0.643. The summed E-state index contributed by atoms with van der Waals surface area (Å²) in [7, 11) is 4.25. The van der Waals surface area contributed by atoms with E-state index in [1.807, 2.05) is 6.07 Å². The third-order valence-corrected chi connectivity index (χ3v) is 3.83. The summed E-state index contributed by atoms with van der Waals surface area (Å²) in [5, 5.41) is 2.07. The van der Waals surface area contributed by atoms with Crippen LogP contribution in [-0.4, -0.2) is 44.4 Å². The predicted molar refractivity (Wildman–Crippen MR) is 64.0 cm³/mol. The average Bonchev–Trinajstić information content (AvgIpc) is 2.86. The first-order chi connectivity index (χ1) is 7.20. The van der Waals surface area contributed by atoms with Crippen molar-refractivity contribution >= 4 is 23.3 Å². The van der Waals surface area contributed by atoms with Crippen LogP contribution in [0.1, 0.15) is 16.1 Å². The van der Waals surface area contributed by atoms with Gasteiger partial charge in [0.05, 0.1) is 4.88 Å². The highest BCUT2D eigenvalue weighted by molar-refractivity contribution is 7.12. The van der Waals surface area contributed by atoms with Gasteiger partial charge in [-0.3, -0.25) is 4.79 Å². The lowest BCUT2D eigenvalue weighted by Crippen LogP contribution is -2.31. The predicted octanol–water partition coefficient (Wildman–Crippen LogP) is 1.70. The van der Waals surface area contributed by atoms with Gasteiger partial charge < -0.3 is 9.80 Å². The lowest BCUT2D eigenvalue weighted by atomic mass is 10.2. The van der Waals surface area contributed by atoms with Crippen LogP contribution < -0.4 is 4.90 Å². The van der Waals surface area contributed by atoms with Crippen molar-refractivity contribution in [2.24, 2.45) is 0 Å². The first kappa shape index (κ1) is 10.6. The van der Waals surface area contributed by atoms with Crippen LogP contribution in [0.15, 0.2) is 11.4 Å². The van der Waals surface area contributed by atoms with Crippen LogP contribution in [0.25, 0.3) is 0 Å². The number of carbonyl (C=O) groups is 1. The van der Waals surface area contributed by atoms with Gasteiger partial charge in [-0.2, -0.15) is 0 Å². The van der Waals surface area contributed by atoms with Gasteiger partial charge >= 0.3 is 0 Å². The summed E-state index contributed by atoms with van der Waals surface area (Å²) >= 11 is 1.52. The number of hydrogen-bond acceptors (Lipinski definition) is 4. The zero-order chi connectivity index (χ0) is 10.8. The molecule has 15 heavy (non-hydrogen) atoms. The Morgan fingerprint density at radius 1 is 1.60 bits per heavy atom. The molecule has 1 fully saturated rings. The molecular weight excluding hydrogens is 208 g/mol. The van der Waals surface area contributed by atoms with Crippen molar-refractivity contribution in [3.05, 3.63) is 16.3 Å². The number of anilines is 1. The van der Waals surface area contributed by atoms with E-state index < -0.39 is 0 Å². The quantitative estimate of drug-likeness (QED) is 0.730. The molecule has 0 spiro atoms. The number of carbonyl (C=O) groups excluding carboxylic acids is 1. The first-order valence-corrected chi connectivity index (χ1v) is 6.04. The molecular formula is C11H16N2OS. The van der Waals surface area contributed by atoms with Crippen LogP contribution >= 0.6 is 11.3 Å². The molecule has 2 heterocycles. The molecule has 0 N–H and O–H groups in total. The van der Waals surface area contributed by atoms with Crippen LogP contribution in [0.2, 0.25) is 0 Å². The highest BCUT2D eigenvalue weighted by Gasteiger charge is 2.24. The summed E-state index contributed by atoms with van der Waals surface area (Å²) < 4.78 is 0. The molecule has 0 bridgehead atoms. The number of thiophene rings is 1. The van der Waals surface area contributed by atoms with E-state index in [2.05, 4.69) is 29.3 Å². The lowest BCUT2D eigenvalue weighted by Gasteiger charge is -2.20. The Kier molecular flexibility index (Phi) is 3.07. The van der Waals surface area contributed by atoms with Crippen molar-refractivity contribution in [1.29, 1.82) is 0 Å². The normalized spacial score (nSPS) is 21.3. The summed E-state index contributed by atoms with van der Waals surface area (Å²) in [5.74, 6) is 0. The van der Waals surface area contributed by atoms with Gasteiger partial charge in [0, 0.05) is 30.2 Å². The van der Waals surface area contributed by atoms with Gasteiger partial charge in [0.25, 0.3) is 0 Å². The molecule has 0 saturated carbocycles. The molecule has 0 aromatic carbocycles. The summed E-state index contributed by atoms with van der Waals surface area (Å²) in [6.07, 6.45) is 2.13. The van der Waals surface area contributed by atoms with E-state index in [1.54, 1.807) is 0 Å². The van der Waals surface area contributed by atoms with Gasteiger partial charge in [-0.05, 0) is 26.6 Å². The number of rotatable bonds is 3. The number of nitrogens with zero attached hydrogens (tertiary/aromatic N) is 2. The molecule has 1 aromatic rings. The average molecular weight is 224 g/mol. The van der Waals surface area contributed by atoms with Crippen molar-refractivity contribution < 1.29 is 4.79 Å². The van der Waals surface area contributed by atoms with Crippen LogP contribution in [0.3, 0.4) is 0 Å². The van der Waals surface area contributed by atoms with Gasteiger partial charge in [0.2, 0.25) is 0 Å². The highest BCUT2D eigenvalue weighted by atomic mass is 32.1. The van der Waals surface area contributed by atoms with Gasteiger partial charge in [0.15, 0.2) is 6.29 Å². The van der Waals surface area contributed by atoms with Crippen molar-refractivity contribution in [2.45, 2.75) is 12.5 Å². The molecule has 4 heteroatoms. The monoisotopic (exact) mass is 224 g/mol. The van der Waals surface area contributed by atoms with Gasteiger partial charge in [-0.1, -0.05) is 0 Å². The zero-order valence-corrected chi connectivity index (χ0v) is 9.96. The van der Waals surface area contributed by atoms with Crippen molar-refractivity contribution in [2.75, 3.05) is 32.1 Å². The third kappa shape index (κ3) is 2.21. The van der Waals surface area contributed by atoms with E-state index in [0.29, 0.717) is 6.04 Å². The van der Waals surface area contributed by atoms with E-state index in [-0.39, 0.29) is 0 Å². The zero-order valence-electron chi connectivity index (χ0n) is 9.14. The number of hydrogen-bond donors (Lipinski definition) is 0. The van der Waals surface area contributed by atoms with E-state index in [4.69, 9.17) is 0 Å². The van der Waals surface area contributed by atoms with Crippen LogP contribution in [0, 0.1) is 0 Å². The summed E-state index contributed by atoms with van der Waals surface area (Å²) in [4.78, 5) is 16.0. The molecule has 2 rings (SSSR count). The highest BCUT2D eigenvalue weighted by Crippen LogP contribution is 2.26. The second-order valence-electron chi connectivity index (χ2n) is 4.18. The maximum absolute atomic E-state index is 10.6. The Hall–Kier alpha value is -0.870. The maximum Gasteiger partial charge on any atom is 0.160 e. The Morgan fingerprint density at radius 3 is 2.93 bits per heavy atom.